The number of hydrogen-bond donors (Lipinski definition) is 1. The summed E-state index contributed by atoms with van der Waals surface area (Å²) in [4.78, 5) is 2.38. The average Bonchev–Trinajstić information content (AvgIpc) is 3.09. The van der Waals surface area contributed by atoms with E-state index >= 15 is 0 Å². The predicted octanol–water partition coefficient (Wildman–Crippen LogP) is 11.0. The lowest BCUT2D eigenvalue weighted by molar-refractivity contribution is 0.576. The summed E-state index contributed by atoms with van der Waals surface area (Å²) in [5.41, 5.74) is 8.08. The van der Waals surface area contributed by atoms with Crippen molar-refractivity contribution in [2.75, 3.05) is 0 Å². The number of thioether (sulfide) groups is 2. The molecule has 2 nitrogen and oxygen atoms in total. The Hall–Kier alpha value is -2.38. The highest BCUT2D eigenvalue weighted by molar-refractivity contribution is 8.23. The molecule has 0 saturated carbocycles. The minimum Gasteiger partial charge on any atom is -0.297 e. The molecule has 3 rings (SSSR count). The first kappa shape index (κ1) is 39.1. The molecule has 0 saturated heterocycles. The van der Waals surface area contributed by atoms with Gasteiger partial charge < -0.3 is 0 Å². The van der Waals surface area contributed by atoms with Crippen LogP contribution in [-0.4, -0.2) is 35.1 Å². The van der Waals surface area contributed by atoms with Crippen LogP contribution < -0.4 is 10.9 Å². The Morgan fingerprint density at radius 3 is 2.38 bits per heavy atom. The number of allylic oxidation sites excluding steroid dienone is 3. The fraction of sp³-hybridized carbons (Fsp3) is 0.359. The number of thiocarbonyl (C=S) groups is 2. The van der Waals surface area contributed by atoms with Crippen molar-refractivity contribution in [3.05, 3.63) is 114 Å². The van der Waals surface area contributed by atoms with Crippen LogP contribution in [0.5, 0.6) is 0 Å². The molecule has 0 amide bonds. The lowest BCUT2D eigenvalue weighted by Gasteiger charge is -2.16. The summed E-state index contributed by atoms with van der Waals surface area (Å²) in [6.07, 6.45) is 21.0. The lowest BCUT2D eigenvalue weighted by Crippen LogP contribution is -2.20. The smallest absolute Gasteiger partial charge is 0.166 e. The fourth-order valence-electron chi connectivity index (χ4n) is 4.92. The van der Waals surface area contributed by atoms with Gasteiger partial charge in [0.15, 0.2) is 14.6 Å². The molecule has 1 unspecified atom stereocenters. The third-order valence-corrected chi connectivity index (χ3v) is 10.6. The van der Waals surface area contributed by atoms with Crippen LogP contribution in [0.4, 0.5) is 0 Å². The second kappa shape index (κ2) is 23.9. The van der Waals surface area contributed by atoms with Gasteiger partial charge in [0.2, 0.25) is 0 Å². The van der Waals surface area contributed by atoms with E-state index in [2.05, 4.69) is 125 Å². The molecule has 3 aromatic carbocycles. The summed E-state index contributed by atoms with van der Waals surface area (Å²) in [6.45, 7) is 7.93. The molecule has 244 valence electrons. The molecule has 1 N–H and O–H groups in total. The van der Waals surface area contributed by atoms with Crippen LogP contribution >= 0.6 is 48.0 Å². The Morgan fingerprint density at radius 1 is 0.894 bits per heavy atom. The van der Waals surface area contributed by atoms with Crippen LogP contribution in [0.1, 0.15) is 81.4 Å². The molecular weight excluding hydrogens is 646 g/mol. The zero-order valence-corrected chi connectivity index (χ0v) is 31.3. The van der Waals surface area contributed by atoms with Crippen molar-refractivity contribution < 1.29 is 0 Å². The molecule has 0 aliphatic carbocycles. The molecule has 0 spiro atoms. The fourth-order valence-corrected chi connectivity index (χ4v) is 7.29. The maximum absolute atomic E-state index is 5.84. The Labute approximate surface area is 305 Å². The van der Waals surface area contributed by atoms with Gasteiger partial charge in [0.25, 0.3) is 0 Å². The molecule has 8 heteroatoms. The highest BCUT2D eigenvalue weighted by Crippen LogP contribution is 2.27. The summed E-state index contributed by atoms with van der Waals surface area (Å²) in [5, 5.41) is 4.93. The predicted molar refractivity (Wildman–Crippen MR) is 222 cm³/mol. The normalized spacial score (nSPS) is 11.9. The van der Waals surface area contributed by atoms with Gasteiger partial charge in [-0.15, -0.1) is 0 Å². The van der Waals surface area contributed by atoms with E-state index in [1.807, 2.05) is 18.0 Å². The molecule has 0 heterocycles. The van der Waals surface area contributed by atoms with Gasteiger partial charge in [0, 0.05) is 9.79 Å². The zero-order valence-electron chi connectivity index (χ0n) is 28.0. The second-order valence-electron chi connectivity index (χ2n) is 11.6. The molecule has 0 aromatic heterocycles. The van der Waals surface area contributed by atoms with Crippen LogP contribution in [0.25, 0.3) is 0 Å². The molecular formula is C39H48B2N2S4. The quantitative estimate of drug-likeness (QED) is 0.0123. The van der Waals surface area contributed by atoms with Gasteiger partial charge in [-0.2, -0.15) is 5.10 Å². The van der Waals surface area contributed by atoms with Crippen molar-refractivity contribution in [2.24, 2.45) is 5.10 Å². The summed E-state index contributed by atoms with van der Waals surface area (Å²) < 4.78 is 1.74. The number of hydrazone groups is 1. The largest absolute Gasteiger partial charge is 0.297 e. The number of nitrogens with one attached hydrogen (secondary N) is 1. The number of unbranched alkanes of at least 4 members (excludes halogenated alkanes) is 6. The monoisotopic (exact) mass is 694 g/mol. The number of benzene rings is 3. The van der Waals surface area contributed by atoms with Crippen LogP contribution in [-0.2, 0) is 0 Å². The van der Waals surface area contributed by atoms with Crippen molar-refractivity contribution in [1.82, 2.24) is 5.43 Å². The standard InChI is InChI=1S/C39H48B2N2S4/c1-4-6-7-8-9-15-20-38(46-35-18-13-12-14-19-35)43-42-30-33-29-36(26-21-31(33)3)47-39(45)32-22-24-34(25-23-32)40-27-16-10-11-17-28-41-37(44)5-2/h4-6,12-14,18-19,21-26,29-30,38,43H,2,7-11,15-17,20,27-28H2,1,3H3/b6-4-,42-30+. The number of hydrogen-bond acceptors (Lipinski definition) is 6. The minimum absolute atomic E-state index is 0.220. The number of aryl methyl sites for hydroxylation is 1. The van der Waals surface area contributed by atoms with E-state index in [0.29, 0.717) is 0 Å². The third-order valence-electron chi connectivity index (χ3n) is 7.71. The van der Waals surface area contributed by atoms with E-state index in [4.69, 9.17) is 29.5 Å². The third kappa shape index (κ3) is 16.5. The minimum atomic E-state index is 0.220. The number of nitrogens with zero attached hydrogens (tertiary/aromatic N) is 1. The highest BCUT2D eigenvalue weighted by Gasteiger charge is 2.10. The van der Waals surface area contributed by atoms with E-state index < -0.39 is 0 Å². The molecule has 47 heavy (non-hydrogen) atoms. The molecule has 0 aliphatic rings. The van der Waals surface area contributed by atoms with E-state index in [1.54, 1.807) is 17.8 Å². The molecule has 2 radical (unpaired) electrons. The average molecular weight is 695 g/mol. The Kier molecular flexibility index (Phi) is 19.8. The van der Waals surface area contributed by atoms with Gasteiger partial charge in [-0.05, 0) is 78.8 Å². The van der Waals surface area contributed by atoms with Gasteiger partial charge in [0.05, 0.1) is 15.8 Å². The van der Waals surface area contributed by atoms with Gasteiger partial charge in [0.1, 0.15) is 0 Å². The van der Waals surface area contributed by atoms with Crippen LogP contribution in [0.3, 0.4) is 0 Å². The van der Waals surface area contributed by atoms with Crippen molar-refractivity contribution in [3.8, 4) is 0 Å². The van der Waals surface area contributed by atoms with Gasteiger partial charge in [-0.1, -0.05) is 178 Å². The summed E-state index contributed by atoms with van der Waals surface area (Å²) >= 11 is 14.5. The SMILES string of the molecule is C=CC(=S)[B]CCCCCC[B]c1ccc(C(=S)Sc2ccc(C)c(/C=N/NC(CCCCC/C=C\C)Sc3ccccc3)c2)cc1. The molecule has 0 fully saturated rings. The topological polar surface area (TPSA) is 24.4 Å². The summed E-state index contributed by atoms with van der Waals surface area (Å²) in [5.74, 6) is 0. The maximum Gasteiger partial charge on any atom is 0.166 e. The van der Waals surface area contributed by atoms with Crippen LogP contribution in [0.15, 0.2) is 112 Å². The lowest BCUT2D eigenvalue weighted by atomic mass is 9.66. The van der Waals surface area contributed by atoms with Crippen LogP contribution in [0, 0.1) is 6.92 Å². The van der Waals surface area contributed by atoms with Crippen molar-refractivity contribution >= 4 is 83.2 Å². The van der Waals surface area contributed by atoms with Crippen molar-refractivity contribution in [1.29, 1.82) is 0 Å². The van der Waals surface area contributed by atoms with Crippen molar-refractivity contribution in [3.63, 3.8) is 0 Å². The Morgan fingerprint density at radius 2 is 1.64 bits per heavy atom. The summed E-state index contributed by atoms with van der Waals surface area (Å²) in [7, 11) is 4.42. The first-order chi connectivity index (χ1) is 23.0. The second-order valence-corrected chi connectivity index (χ2v) is 15.0. The highest BCUT2D eigenvalue weighted by atomic mass is 32.2. The zero-order chi connectivity index (χ0) is 33.5. The molecule has 0 bridgehead atoms. The van der Waals surface area contributed by atoms with E-state index in [1.165, 1.54) is 60.9 Å². The first-order valence-electron chi connectivity index (χ1n) is 16.9. The Bertz CT molecular complexity index is 1420. The Balaban J connectivity index is 1.47. The first-order valence-corrected chi connectivity index (χ1v) is 19.4. The molecule has 3 aromatic rings. The van der Waals surface area contributed by atoms with Gasteiger partial charge in [-0.25, -0.2) is 0 Å². The van der Waals surface area contributed by atoms with E-state index in [9.17, 15) is 0 Å². The van der Waals surface area contributed by atoms with Crippen molar-refractivity contribution in [2.45, 2.75) is 99.4 Å². The van der Waals surface area contributed by atoms with Gasteiger partial charge in [-0.3, -0.25) is 5.43 Å². The molecule has 1 atom stereocenters. The van der Waals surface area contributed by atoms with Crippen LogP contribution in [0.2, 0.25) is 12.6 Å². The van der Waals surface area contributed by atoms with E-state index in [-0.39, 0.29) is 5.37 Å². The number of rotatable bonds is 23. The summed E-state index contributed by atoms with van der Waals surface area (Å²) in [6, 6.07) is 25.7. The molecule has 0 aliphatic heterocycles. The van der Waals surface area contributed by atoms with E-state index in [0.717, 1.165) is 50.5 Å². The maximum atomic E-state index is 5.84. The van der Waals surface area contributed by atoms with Gasteiger partial charge >= 0.3 is 0 Å².